The Labute approximate surface area is 225 Å². The third-order valence-corrected chi connectivity index (χ3v) is 8.21. The molecule has 0 bridgehead atoms. The molecule has 37 heavy (non-hydrogen) atoms. The van der Waals surface area contributed by atoms with Crippen LogP contribution in [0, 0.1) is 0 Å². The van der Waals surface area contributed by atoms with Crippen LogP contribution < -0.4 is 9.64 Å². The Kier molecular flexibility index (Phi) is 7.22. The molecule has 11 heteroatoms. The smallest absolute Gasteiger partial charge is 0.301 e. The molecular formula is C26H19ClN4O4S2. The molecule has 1 N–H and O–H groups in total. The summed E-state index contributed by atoms with van der Waals surface area (Å²) in [5.41, 5.74) is 1.89. The first-order valence-electron chi connectivity index (χ1n) is 11.0. The molecule has 0 aliphatic carbocycles. The van der Waals surface area contributed by atoms with Crippen molar-refractivity contribution in [3.8, 4) is 5.75 Å². The van der Waals surface area contributed by atoms with E-state index in [1.165, 1.54) is 35.1 Å². The van der Waals surface area contributed by atoms with Crippen molar-refractivity contribution in [3.63, 3.8) is 0 Å². The van der Waals surface area contributed by atoms with Crippen LogP contribution in [0.4, 0.5) is 5.13 Å². The van der Waals surface area contributed by atoms with Gasteiger partial charge in [-0.05, 0) is 53.6 Å². The van der Waals surface area contributed by atoms with Crippen LogP contribution in [0.15, 0.2) is 83.0 Å². The maximum absolute atomic E-state index is 13.3. The van der Waals surface area contributed by atoms with Crippen molar-refractivity contribution in [2.45, 2.75) is 16.1 Å². The average Bonchev–Trinajstić information content (AvgIpc) is 3.50. The Morgan fingerprint density at radius 1 is 1.08 bits per heavy atom. The lowest BCUT2D eigenvalue weighted by Gasteiger charge is -2.22. The number of aromatic nitrogens is 3. The summed E-state index contributed by atoms with van der Waals surface area (Å²) >= 11 is 8.87. The molecule has 1 fully saturated rings. The van der Waals surface area contributed by atoms with Crippen molar-refractivity contribution in [2.24, 2.45) is 0 Å². The van der Waals surface area contributed by atoms with Gasteiger partial charge in [-0.1, -0.05) is 52.9 Å². The lowest BCUT2D eigenvalue weighted by Crippen LogP contribution is -2.29. The van der Waals surface area contributed by atoms with E-state index in [4.69, 9.17) is 16.3 Å². The normalized spacial score (nSPS) is 16.8. The zero-order chi connectivity index (χ0) is 25.9. The van der Waals surface area contributed by atoms with Gasteiger partial charge in [0.2, 0.25) is 5.13 Å². The standard InChI is InChI=1S/C26H19ClN4O4S2/c1-35-18-8-6-16(7-9-18)22(32)20-21(15-10-12-28-13-11-15)31(24(34)23(20)33)25-29-30-26(37-25)36-14-17-4-2-3-5-19(17)27/h2-13,21,32H,14H2,1H3/b22-20-. The lowest BCUT2D eigenvalue weighted by molar-refractivity contribution is -0.132. The monoisotopic (exact) mass is 550 g/mol. The van der Waals surface area contributed by atoms with Crippen LogP contribution in [0.2, 0.25) is 5.02 Å². The predicted octanol–water partition coefficient (Wildman–Crippen LogP) is 5.51. The molecule has 1 atom stereocenters. The Morgan fingerprint density at radius 2 is 1.81 bits per heavy atom. The molecule has 5 rings (SSSR count). The second-order valence-corrected chi connectivity index (χ2v) is 10.5. The number of amides is 1. The molecule has 1 unspecified atom stereocenters. The van der Waals surface area contributed by atoms with E-state index in [0.29, 0.717) is 32.0 Å². The third-order valence-electron chi connectivity index (χ3n) is 5.74. The van der Waals surface area contributed by atoms with E-state index < -0.39 is 17.7 Å². The topological polar surface area (TPSA) is 106 Å². The first-order valence-corrected chi connectivity index (χ1v) is 13.2. The van der Waals surface area contributed by atoms with Crippen LogP contribution in [0.25, 0.3) is 5.76 Å². The molecule has 0 saturated carbocycles. The summed E-state index contributed by atoms with van der Waals surface area (Å²) in [6.07, 6.45) is 3.13. The zero-order valence-electron chi connectivity index (χ0n) is 19.4. The van der Waals surface area contributed by atoms with Crippen LogP contribution >= 0.6 is 34.7 Å². The van der Waals surface area contributed by atoms with Gasteiger partial charge in [-0.2, -0.15) is 0 Å². The van der Waals surface area contributed by atoms with Crippen LogP contribution in [0.1, 0.15) is 22.7 Å². The molecule has 1 amide bonds. The number of aliphatic hydroxyl groups excluding tert-OH is 1. The van der Waals surface area contributed by atoms with Crippen LogP contribution in [0.5, 0.6) is 5.75 Å². The number of methoxy groups -OCH3 is 1. The summed E-state index contributed by atoms with van der Waals surface area (Å²) in [4.78, 5) is 31.9. The maximum atomic E-state index is 13.3. The number of benzene rings is 2. The minimum absolute atomic E-state index is 0.0400. The van der Waals surface area contributed by atoms with E-state index >= 15 is 0 Å². The number of carbonyl (C=O) groups excluding carboxylic acids is 2. The van der Waals surface area contributed by atoms with Crippen molar-refractivity contribution < 1.29 is 19.4 Å². The number of ether oxygens (including phenoxy) is 1. The summed E-state index contributed by atoms with van der Waals surface area (Å²) in [6, 6.07) is 16.6. The predicted molar refractivity (Wildman–Crippen MR) is 143 cm³/mol. The fourth-order valence-electron chi connectivity index (χ4n) is 3.91. The number of hydrogen-bond donors (Lipinski definition) is 1. The highest BCUT2D eigenvalue weighted by atomic mass is 35.5. The Morgan fingerprint density at radius 3 is 2.51 bits per heavy atom. The van der Waals surface area contributed by atoms with Gasteiger partial charge in [0.25, 0.3) is 5.78 Å². The number of thioether (sulfide) groups is 1. The summed E-state index contributed by atoms with van der Waals surface area (Å²) in [6.45, 7) is 0. The minimum Gasteiger partial charge on any atom is -0.507 e. The molecule has 2 aromatic carbocycles. The van der Waals surface area contributed by atoms with Gasteiger partial charge >= 0.3 is 5.91 Å². The van der Waals surface area contributed by atoms with Crippen molar-refractivity contribution in [1.82, 2.24) is 15.2 Å². The first kappa shape index (κ1) is 24.9. The van der Waals surface area contributed by atoms with Gasteiger partial charge in [0, 0.05) is 28.7 Å². The third kappa shape index (κ3) is 4.95. The van der Waals surface area contributed by atoms with Crippen LogP contribution in [0.3, 0.4) is 0 Å². The second kappa shape index (κ2) is 10.7. The minimum atomic E-state index is -0.903. The molecule has 0 radical (unpaired) electrons. The summed E-state index contributed by atoms with van der Waals surface area (Å²) < 4.78 is 5.79. The molecule has 3 heterocycles. The van der Waals surface area contributed by atoms with Gasteiger partial charge in [-0.15, -0.1) is 10.2 Å². The Bertz CT molecular complexity index is 1490. The number of hydrogen-bond acceptors (Lipinski definition) is 9. The Balaban J connectivity index is 1.52. The van der Waals surface area contributed by atoms with Gasteiger partial charge in [-0.3, -0.25) is 19.5 Å². The molecule has 4 aromatic rings. The number of pyridine rings is 1. The molecule has 0 spiro atoms. The number of carbonyl (C=O) groups is 2. The summed E-state index contributed by atoms with van der Waals surface area (Å²) in [5.74, 6) is -0.731. The van der Waals surface area contributed by atoms with E-state index in [2.05, 4.69) is 15.2 Å². The average molecular weight is 551 g/mol. The van der Waals surface area contributed by atoms with Gasteiger partial charge < -0.3 is 9.84 Å². The van der Waals surface area contributed by atoms with Crippen LogP contribution in [-0.4, -0.2) is 39.1 Å². The van der Waals surface area contributed by atoms with Crippen molar-refractivity contribution in [2.75, 3.05) is 12.0 Å². The number of ketones is 1. The summed E-state index contributed by atoms with van der Waals surface area (Å²) in [7, 11) is 1.53. The van der Waals surface area contributed by atoms with Crippen LogP contribution in [-0.2, 0) is 15.3 Å². The van der Waals surface area contributed by atoms with Gasteiger partial charge in [0.1, 0.15) is 11.5 Å². The molecule has 186 valence electrons. The molecule has 1 aliphatic heterocycles. The number of rotatable bonds is 7. The van der Waals surface area contributed by atoms with E-state index in [1.54, 1.807) is 48.8 Å². The first-order chi connectivity index (χ1) is 18.0. The van der Waals surface area contributed by atoms with Crippen molar-refractivity contribution >= 4 is 57.3 Å². The fraction of sp³-hybridized carbons (Fsp3) is 0.115. The highest BCUT2D eigenvalue weighted by Gasteiger charge is 2.48. The molecule has 2 aromatic heterocycles. The van der Waals surface area contributed by atoms with Crippen molar-refractivity contribution in [3.05, 3.63) is 100 Å². The second-order valence-electron chi connectivity index (χ2n) is 7.91. The zero-order valence-corrected chi connectivity index (χ0v) is 21.8. The van der Waals surface area contributed by atoms with Crippen molar-refractivity contribution in [1.29, 1.82) is 0 Å². The van der Waals surface area contributed by atoms with E-state index in [1.807, 2.05) is 24.3 Å². The van der Waals surface area contributed by atoms with E-state index in [-0.39, 0.29) is 16.5 Å². The number of nitrogens with zero attached hydrogens (tertiary/aromatic N) is 4. The highest BCUT2D eigenvalue weighted by molar-refractivity contribution is 8.00. The highest BCUT2D eigenvalue weighted by Crippen LogP contribution is 2.44. The summed E-state index contributed by atoms with van der Waals surface area (Å²) in [5, 5.41) is 20.5. The van der Waals surface area contributed by atoms with E-state index in [9.17, 15) is 14.7 Å². The lowest BCUT2D eigenvalue weighted by atomic mass is 9.96. The number of Topliss-reactive ketones (excluding diaryl/α,β-unsaturated/α-hetero) is 1. The largest absolute Gasteiger partial charge is 0.507 e. The van der Waals surface area contributed by atoms with Gasteiger partial charge in [-0.25, -0.2) is 0 Å². The molecule has 1 saturated heterocycles. The number of halogens is 1. The van der Waals surface area contributed by atoms with Gasteiger partial charge in [0.15, 0.2) is 4.34 Å². The van der Waals surface area contributed by atoms with E-state index in [0.717, 1.165) is 5.56 Å². The maximum Gasteiger partial charge on any atom is 0.301 e. The number of anilines is 1. The molecular weight excluding hydrogens is 532 g/mol. The number of aliphatic hydroxyl groups is 1. The quantitative estimate of drug-likeness (QED) is 0.105. The molecule has 1 aliphatic rings. The fourth-order valence-corrected chi connectivity index (χ4v) is 6.06. The Hall–Kier alpha value is -3.73. The molecule has 8 nitrogen and oxygen atoms in total. The van der Waals surface area contributed by atoms with Gasteiger partial charge in [0.05, 0.1) is 18.7 Å². The SMILES string of the molecule is COc1ccc(/C(O)=C2/C(=O)C(=O)N(c3nnc(SCc4ccccc4Cl)s3)C2c2ccncc2)cc1.